The van der Waals surface area contributed by atoms with Gasteiger partial charge < -0.3 is 21.3 Å². The van der Waals surface area contributed by atoms with Gasteiger partial charge in [0.05, 0.1) is 18.0 Å². The summed E-state index contributed by atoms with van der Waals surface area (Å²) in [5.41, 5.74) is 3.29. The molecule has 1 aromatic heterocycles. The lowest BCUT2D eigenvalue weighted by Crippen LogP contribution is -2.16. The number of para-hydroxylation sites is 1. The number of aromatic nitrogens is 2. The highest BCUT2D eigenvalue weighted by molar-refractivity contribution is 6.32. The molecule has 186 valence electrons. The maximum Gasteiger partial charge on any atom is 0.229 e. The zero-order chi connectivity index (χ0) is 25.7. The van der Waals surface area contributed by atoms with E-state index in [2.05, 4.69) is 51.2 Å². The molecule has 0 saturated heterocycles. The summed E-state index contributed by atoms with van der Waals surface area (Å²) in [6.07, 6.45) is 3.00. The predicted molar refractivity (Wildman–Crippen MR) is 139 cm³/mol. The topological polar surface area (TPSA) is 115 Å². The Morgan fingerprint density at radius 1 is 1.25 bits per heavy atom. The Labute approximate surface area is 214 Å². The van der Waals surface area contributed by atoms with Gasteiger partial charge in [-0.05, 0) is 47.2 Å². The van der Waals surface area contributed by atoms with E-state index in [1.807, 2.05) is 18.2 Å². The Bertz CT molecular complexity index is 1320. The average molecular weight is 508 g/mol. The van der Waals surface area contributed by atoms with Crippen LogP contribution in [0.1, 0.15) is 44.2 Å². The van der Waals surface area contributed by atoms with Crippen LogP contribution in [0.3, 0.4) is 0 Å². The summed E-state index contributed by atoms with van der Waals surface area (Å²) >= 11 is 6.33. The number of nitrogens with zero attached hydrogens (tertiary/aromatic N) is 3. The van der Waals surface area contributed by atoms with E-state index in [9.17, 15) is 9.18 Å². The molecular weight excluding hydrogens is 481 g/mol. The van der Waals surface area contributed by atoms with Crippen LogP contribution in [-0.2, 0) is 16.8 Å². The first-order valence-electron chi connectivity index (χ1n) is 11.6. The second kappa shape index (κ2) is 10.9. The van der Waals surface area contributed by atoms with Crippen molar-refractivity contribution in [1.82, 2.24) is 15.3 Å². The summed E-state index contributed by atoms with van der Waals surface area (Å²) in [6, 6.07) is 12.5. The molecular formula is C26H27ClFN7O. The molecule has 0 unspecified atom stereocenters. The van der Waals surface area contributed by atoms with Crippen molar-refractivity contribution in [3.63, 3.8) is 0 Å². The molecule has 0 fully saturated rings. The molecule has 36 heavy (non-hydrogen) atoms. The van der Waals surface area contributed by atoms with Crippen molar-refractivity contribution in [2.45, 2.75) is 45.1 Å². The van der Waals surface area contributed by atoms with Crippen molar-refractivity contribution in [1.29, 1.82) is 5.26 Å². The first-order valence-corrected chi connectivity index (χ1v) is 12.0. The molecule has 1 aliphatic rings. The van der Waals surface area contributed by atoms with Gasteiger partial charge in [-0.15, -0.1) is 0 Å². The number of anilines is 5. The molecule has 4 rings (SSSR count). The third-order valence-electron chi connectivity index (χ3n) is 6.07. The lowest BCUT2D eigenvalue weighted by molar-refractivity contribution is -0.116. The van der Waals surface area contributed by atoms with Crippen molar-refractivity contribution < 1.29 is 9.18 Å². The summed E-state index contributed by atoms with van der Waals surface area (Å²) in [4.78, 5) is 20.8. The monoisotopic (exact) mass is 507 g/mol. The fourth-order valence-corrected chi connectivity index (χ4v) is 4.19. The number of nitrogens with one attached hydrogen (secondary N) is 4. The standard InChI is InChI=1S/C26H27ClFN7O/c1-26(2)10-9-22(36)33-21-8-7-17(13-18(21)26)32-25-31-15-19(27)24(35-25)34-23-16(5-3-6-20(23)28)14-30-12-4-11-29/h3,5-8,13,15,30H,4,9-10,12,14H2,1-2H3,(H,33,36)(H2,31,32,34,35). The Morgan fingerprint density at radius 3 is 2.89 bits per heavy atom. The number of benzene rings is 2. The molecule has 1 aliphatic heterocycles. The fourth-order valence-electron chi connectivity index (χ4n) is 4.05. The first kappa shape index (κ1) is 25.4. The zero-order valence-corrected chi connectivity index (χ0v) is 20.8. The van der Waals surface area contributed by atoms with E-state index in [0.717, 1.165) is 23.4 Å². The van der Waals surface area contributed by atoms with Gasteiger partial charge in [-0.25, -0.2) is 9.37 Å². The maximum atomic E-state index is 14.7. The summed E-state index contributed by atoms with van der Waals surface area (Å²) in [5, 5.41) is 21.2. The SMILES string of the molecule is CC1(C)CCC(=O)Nc2ccc(Nc3ncc(Cl)c(Nc4c(F)cccc4CNCCC#N)n3)cc21. The number of nitriles is 1. The van der Waals surface area contributed by atoms with Gasteiger partial charge in [0, 0.05) is 37.3 Å². The van der Waals surface area contributed by atoms with E-state index in [1.54, 1.807) is 12.1 Å². The Hall–Kier alpha value is -3.74. The van der Waals surface area contributed by atoms with Crippen LogP contribution in [0.4, 0.5) is 33.2 Å². The highest BCUT2D eigenvalue weighted by Crippen LogP contribution is 2.38. The Balaban J connectivity index is 1.57. The molecule has 0 saturated carbocycles. The summed E-state index contributed by atoms with van der Waals surface area (Å²) in [5.74, 6) is 0.0862. The summed E-state index contributed by atoms with van der Waals surface area (Å²) in [6.45, 7) is 5.09. The van der Waals surface area contributed by atoms with Crippen LogP contribution < -0.4 is 21.3 Å². The minimum Gasteiger partial charge on any atom is -0.336 e. The maximum absolute atomic E-state index is 14.7. The molecule has 0 aliphatic carbocycles. The minimum atomic E-state index is -0.450. The van der Waals surface area contributed by atoms with Crippen LogP contribution in [0.15, 0.2) is 42.6 Å². The quantitative estimate of drug-likeness (QED) is 0.286. The number of halogens is 2. The van der Waals surface area contributed by atoms with Crippen molar-refractivity contribution in [2.24, 2.45) is 0 Å². The largest absolute Gasteiger partial charge is 0.336 e. The van der Waals surface area contributed by atoms with Gasteiger partial charge in [0.2, 0.25) is 11.9 Å². The lowest BCUT2D eigenvalue weighted by atomic mass is 9.80. The number of carbonyl (C=O) groups is 1. The van der Waals surface area contributed by atoms with Gasteiger partial charge in [-0.3, -0.25) is 4.79 Å². The number of carbonyl (C=O) groups excluding carboxylic acids is 1. The van der Waals surface area contributed by atoms with Crippen LogP contribution in [0.5, 0.6) is 0 Å². The third kappa shape index (κ3) is 5.90. The second-order valence-electron chi connectivity index (χ2n) is 9.19. The number of fused-ring (bicyclic) bond motifs is 1. The Kier molecular flexibility index (Phi) is 7.67. The highest BCUT2D eigenvalue weighted by atomic mass is 35.5. The van der Waals surface area contributed by atoms with E-state index in [0.29, 0.717) is 31.5 Å². The van der Waals surface area contributed by atoms with Gasteiger partial charge in [-0.2, -0.15) is 10.2 Å². The molecule has 0 bridgehead atoms. The number of hydrogen-bond donors (Lipinski definition) is 4. The lowest BCUT2D eigenvalue weighted by Gasteiger charge is -2.25. The minimum absolute atomic E-state index is 0.00654. The van der Waals surface area contributed by atoms with Gasteiger partial charge in [0.1, 0.15) is 10.8 Å². The Morgan fingerprint density at radius 2 is 2.08 bits per heavy atom. The van der Waals surface area contributed by atoms with Crippen LogP contribution in [0, 0.1) is 17.1 Å². The van der Waals surface area contributed by atoms with Crippen LogP contribution in [-0.4, -0.2) is 22.4 Å². The van der Waals surface area contributed by atoms with E-state index in [-0.39, 0.29) is 33.8 Å². The molecule has 10 heteroatoms. The highest BCUT2D eigenvalue weighted by Gasteiger charge is 2.28. The molecule has 0 spiro atoms. The summed E-state index contributed by atoms with van der Waals surface area (Å²) < 4.78 is 14.7. The van der Waals surface area contributed by atoms with Crippen molar-refractivity contribution in [3.8, 4) is 6.07 Å². The van der Waals surface area contributed by atoms with Gasteiger partial charge in [0.15, 0.2) is 5.82 Å². The molecule has 8 nitrogen and oxygen atoms in total. The number of rotatable bonds is 8. The van der Waals surface area contributed by atoms with Crippen LogP contribution in [0.25, 0.3) is 0 Å². The van der Waals surface area contributed by atoms with E-state index < -0.39 is 5.82 Å². The molecule has 3 aromatic rings. The van der Waals surface area contributed by atoms with E-state index in [4.69, 9.17) is 16.9 Å². The zero-order valence-electron chi connectivity index (χ0n) is 20.1. The predicted octanol–water partition coefficient (Wildman–Crippen LogP) is 5.77. The van der Waals surface area contributed by atoms with E-state index in [1.165, 1.54) is 12.3 Å². The molecule has 0 radical (unpaired) electrons. The van der Waals surface area contributed by atoms with Gasteiger partial charge in [0.25, 0.3) is 0 Å². The van der Waals surface area contributed by atoms with Crippen LogP contribution >= 0.6 is 11.6 Å². The van der Waals surface area contributed by atoms with Crippen molar-refractivity contribution >= 4 is 46.3 Å². The molecule has 1 amide bonds. The number of amides is 1. The molecule has 4 N–H and O–H groups in total. The van der Waals surface area contributed by atoms with Crippen molar-refractivity contribution in [3.05, 3.63) is 64.6 Å². The van der Waals surface area contributed by atoms with Crippen LogP contribution in [0.2, 0.25) is 5.02 Å². The van der Waals surface area contributed by atoms with Gasteiger partial charge in [-0.1, -0.05) is 37.6 Å². The molecule has 2 aromatic carbocycles. The van der Waals surface area contributed by atoms with Gasteiger partial charge >= 0.3 is 0 Å². The first-order chi connectivity index (χ1) is 17.3. The molecule has 0 atom stereocenters. The van der Waals surface area contributed by atoms with Crippen molar-refractivity contribution in [2.75, 3.05) is 22.5 Å². The second-order valence-corrected chi connectivity index (χ2v) is 9.60. The van der Waals surface area contributed by atoms with E-state index >= 15 is 0 Å². The number of hydrogen-bond acceptors (Lipinski definition) is 7. The summed E-state index contributed by atoms with van der Waals surface area (Å²) in [7, 11) is 0. The normalized spacial score (nSPS) is 14.2. The molecule has 2 heterocycles. The fraction of sp³-hybridized carbons (Fsp3) is 0.308. The third-order valence-corrected chi connectivity index (χ3v) is 6.35. The average Bonchev–Trinajstić information content (AvgIpc) is 2.96. The smallest absolute Gasteiger partial charge is 0.229 e.